The number of likely N-dealkylation sites (tertiary alicyclic amines) is 1. The van der Waals surface area contributed by atoms with E-state index in [4.69, 9.17) is 9.15 Å². The zero-order chi connectivity index (χ0) is 24.8. The molecule has 4 rings (SSSR count). The Morgan fingerprint density at radius 2 is 2.03 bits per heavy atom. The van der Waals surface area contributed by atoms with Crippen LogP contribution < -0.4 is 5.32 Å². The third-order valence-electron chi connectivity index (χ3n) is 7.53. The van der Waals surface area contributed by atoms with Crippen molar-refractivity contribution in [1.29, 1.82) is 0 Å². The number of aryl methyl sites for hydroxylation is 1. The van der Waals surface area contributed by atoms with Gasteiger partial charge in [0.2, 0.25) is 11.8 Å². The molecule has 1 aromatic heterocycles. The minimum absolute atomic E-state index is 0.0478. The van der Waals surface area contributed by atoms with E-state index >= 15 is 0 Å². The molecule has 0 unspecified atom stereocenters. The van der Waals surface area contributed by atoms with Gasteiger partial charge in [-0.3, -0.25) is 14.4 Å². The fourth-order valence-electron chi connectivity index (χ4n) is 5.79. The van der Waals surface area contributed by atoms with E-state index in [-0.39, 0.29) is 30.7 Å². The number of esters is 1. The van der Waals surface area contributed by atoms with Crippen LogP contribution in [0.5, 0.6) is 0 Å². The highest BCUT2D eigenvalue weighted by atomic mass is 16.5. The van der Waals surface area contributed by atoms with Crippen LogP contribution in [0.25, 0.3) is 0 Å². The zero-order valence-electron chi connectivity index (χ0n) is 21.1. The Bertz CT molecular complexity index is 1010. The number of allylic oxidation sites excluding steroid dienone is 2. The Kier molecular flexibility index (Phi) is 8.14. The van der Waals surface area contributed by atoms with Crippen LogP contribution >= 0.6 is 0 Å². The number of nitrogens with zero attached hydrogens (tertiary/aromatic N) is 1. The van der Waals surface area contributed by atoms with Crippen molar-refractivity contribution in [3.05, 3.63) is 47.1 Å². The van der Waals surface area contributed by atoms with Gasteiger partial charge in [-0.05, 0) is 83.8 Å². The predicted octanol–water partition coefficient (Wildman–Crippen LogP) is 4.95. The average molecular weight is 483 g/mol. The number of hydrogen-bond donors (Lipinski definition) is 1. The topological polar surface area (TPSA) is 88.8 Å². The van der Waals surface area contributed by atoms with Crippen molar-refractivity contribution in [1.82, 2.24) is 10.2 Å². The number of ether oxygens (including phenoxy) is 1. The molecule has 1 N–H and O–H groups in total. The number of carbonyl (C=O) groups is 3. The molecule has 7 nitrogen and oxygen atoms in total. The molecular weight excluding hydrogens is 444 g/mol. The SMILES string of the molecule is CCOC(=O)[C@]12CCCC=C1N(CCC1=CCCCC1)C(=O)[C@H](CC(=O)NCc1ccc(C)o1)C2. The first-order valence-electron chi connectivity index (χ1n) is 13.1. The first-order valence-corrected chi connectivity index (χ1v) is 13.1. The van der Waals surface area contributed by atoms with Gasteiger partial charge in [0.05, 0.1) is 13.2 Å². The van der Waals surface area contributed by atoms with Crippen molar-refractivity contribution in [3.63, 3.8) is 0 Å². The van der Waals surface area contributed by atoms with Gasteiger partial charge >= 0.3 is 5.97 Å². The predicted molar refractivity (Wildman–Crippen MR) is 132 cm³/mol. The van der Waals surface area contributed by atoms with Crippen LogP contribution in [0.1, 0.15) is 82.7 Å². The number of fused-ring (bicyclic) bond motifs is 1. The summed E-state index contributed by atoms with van der Waals surface area (Å²) in [4.78, 5) is 41.7. The summed E-state index contributed by atoms with van der Waals surface area (Å²) in [5.41, 5.74) is 1.33. The molecule has 1 fully saturated rings. The summed E-state index contributed by atoms with van der Waals surface area (Å²) in [6.45, 7) is 4.78. The number of hydrogen-bond acceptors (Lipinski definition) is 5. The Morgan fingerprint density at radius 3 is 2.74 bits per heavy atom. The van der Waals surface area contributed by atoms with Gasteiger partial charge in [-0.2, -0.15) is 0 Å². The lowest BCUT2D eigenvalue weighted by Gasteiger charge is -2.48. The summed E-state index contributed by atoms with van der Waals surface area (Å²) in [7, 11) is 0. The second-order valence-electron chi connectivity index (χ2n) is 10.0. The molecule has 190 valence electrons. The molecule has 1 aromatic rings. The molecule has 2 heterocycles. The highest BCUT2D eigenvalue weighted by Crippen LogP contribution is 2.50. The molecule has 0 saturated carbocycles. The van der Waals surface area contributed by atoms with E-state index in [0.29, 0.717) is 31.8 Å². The maximum absolute atomic E-state index is 13.7. The average Bonchev–Trinajstić information content (AvgIpc) is 3.28. The number of amides is 2. The van der Waals surface area contributed by atoms with Crippen LogP contribution in [0.4, 0.5) is 0 Å². The Labute approximate surface area is 207 Å². The normalized spacial score (nSPS) is 24.3. The quantitative estimate of drug-likeness (QED) is 0.397. The molecule has 0 radical (unpaired) electrons. The van der Waals surface area contributed by atoms with Crippen molar-refractivity contribution >= 4 is 17.8 Å². The fraction of sp³-hybridized carbons (Fsp3) is 0.607. The van der Waals surface area contributed by atoms with Gasteiger partial charge in [-0.15, -0.1) is 0 Å². The standard InChI is InChI=1S/C28H38N2O5/c1-3-34-27(33)28-15-8-7-11-24(28)30(16-14-21-9-5-4-6-10-21)26(32)22(18-28)17-25(31)29-19-23-13-12-20(2)35-23/h9,11-13,22H,3-8,10,14-19H2,1-2H3,(H,29,31)/t22-,28+/m1/s1. The molecule has 35 heavy (non-hydrogen) atoms. The van der Waals surface area contributed by atoms with E-state index in [9.17, 15) is 14.4 Å². The highest BCUT2D eigenvalue weighted by molar-refractivity contribution is 5.92. The first kappa shape index (κ1) is 25.3. The summed E-state index contributed by atoms with van der Waals surface area (Å²) in [6, 6.07) is 3.68. The Balaban J connectivity index is 1.53. The molecular formula is C28H38N2O5. The Hall–Kier alpha value is -2.83. The molecule has 1 aliphatic heterocycles. The summed E-state index contributed by atoms with van der Waals surface area (Å²) >= 11 is 0. The third-order valence-corrected chi connectivity index (χ3v) is 7.53. The first-order chi connectivity index (χ1) is 16.9. The van der Waals surface area contributed by atoms with Crippen LogP contribution in [0.15, 0.2) is 40.0 Å². The van der Waals surface area contributed by atoms with Crippen molar-refractivity contribution in [2.24, 2.45) is 11.3 Å². The van der Waals surface area contributed by atoms with Crippen molar-refractivity contribution < 1.29 is 23.5 Å². The van der Waals surface area contributed by atoms with Crippen molar-refractivity contribution in [2.45, 2.75) is 84.6 Å². The summed E-state index contributed by atoms with van der Waals surface area (Å²) in [6.07, 6.45) is 12.5. The van der Waals surface area contributed by atoms with Crippen LogP contribution in [0.3, 0.4) is 0 Å². The van der Waals surface area contributed by atoms with E-state index in [2.05, 4.69) is 17.5 Å². The van der Waals surface area contributed by atoms with Crippen LogP contribution in [-0.2, 0) is 25.7 Å². The van der Waals surface area contributed by atoms with Gasteiger partial charge < -0.3 is 19.4 Å². The van der Waals surface area contributed by atoms with Gasteiger partial charge in [0, 0.05) is 24.6 Å². The van der Waals surface area contributed by atoms with Gasteiger partial charge in [0.25, 0.3) is 0 Å². The smallest absolute Gasteiger partial charge is 0.318 e. The fourth-order valence-corrected chi connectivity index (χ4v) is 5.79. The molecule has 2 atom stereocenters. The number of furan rings is 1. The van der Waals surface area contributed by atoms with E-state index < -0.39 is 11.3 Å². The summed E-state index contributed by atoms with van der Waals surface area (Å²) in [5, 5.41) is 2.87. The van der Waals surface area contributed by atoms with E-state index in [0.717, 1.165) is 43.6 Å². The lowest BCUT2D eigenvalue weighted by molar-refractivity contribution is -0.162. The van der Waals surface area contributed by atoms with Crippen LogP contribution in [0, 0.1) is 18.3 Å². The lowest BCUT2D eigenvalue weighted by Crippen LogP contribution is -2.54. The van der Waals surface area contributed by atoms with Gasteiger partial charge in [0.15, 0.2) is 0 Å². The number of rotatable bonds is 9. The third kappa shape index (κ3) is 5.71. The largest absolute Gasteiger partial charge is 0.465 e. The Morgan fingerprint density at radius 1 is 1.20 bits per heavy atom. The van der Waals surface area contributed by atoms with E-state index in [1.165, 1.54) is 18.4 Å². The van der Waals surface area contributed by atoms with Crippen LogP contribution in [0.2, 0.25) is 0 Å². The molecule has 7 heteroatoms. The monoisotopic (exact) mass is 482 g/mol. The zero-order valence-corrected chi connectivity index (χ0v) is 21.1. The maximum Gasteiger partial charge on any atom is 0.318 e. The molecule has 0 aromatic carbocycles. The van der Waals surface area contributed by atoms with E-state index in [1.54, 1.807) is 0 Å². The molecule has 2 amide bonds. The van der Waals surface area contributed by atoms with Gasteiger partial charge in [0.1, 0.15) is 16.9 Å². The second-order valence-corrected chi connectivity index (χ2v) is 10.0. The van der Waals surface area contributed by atoms with Crippen molar-refractivity contribution in [3.8, 4) is 0 Å². The maximum atomic E-state index is 13.7. The van der Waals surface area contributed by atoms with Gasteiger partial charge in [-0.25, -0.2) is 0 Å². The lowest BCUT2D eigenvalue weighted by atomic mass is 9.66. The minimum atomic E-state index is -0.855. The molecule has 0 bridgehead atoms. The van der Waals surface area contributed by atoms with Gasteiger partial charge in [-0.1, -0.05) is 17.7 Å². The summed E-state index contributed by atoms with van der Waals surface area (Å²) < 4.78 is 11.1. The van der Waals surface area contributed by atoms with E-state index in [1.807, 2.05) is 30.9 Å². The molecule has 0 spiro atoms. The number of piperidine rings is 1. The number of carbonyl (C=O) groups excluding carboxylic acids is 3. The molecule has 3 aliphatic rings. The summed E-state index contributed by atoms with van der Waals surface area (Å²) in [5.74, 6) is 0.361. The van der Waals surface area contributed by atoms with Crippen LogP contribution in [-0.4, -0.2) is 35.8 Å². The molecule has 2 aliphatic carbocycles. The minimum Gasteiger partial charge on any atom is -0.465 e. The second kappa shape index (κ2) is 11.3. The molecule has 1 saturated heterocycles. The highest BCUT2D eigenvalue weighted by Gasteiger charge is 2.54. The van der Waals surface area contributed by atoms with Crippen molar-refractivity contribution in [2.75, 3.05) is 13.2 Å². The number of nitrogens with one attached hydrogen (secondary N) is 1.